The Hall–Kier alpha value is -2.10. The fraction of sp³-hybridized carbons (Fsp3) is 0.412. The Morgan fingerprint density at radius 3 is 2.48 bits per heavy atom. The molecule has 0 aliphatic heterocycles. The molecule has 1 fully saturated rings. The maximum atomic E-state index is 4.69. The van der Waals surface area contributed by atoms with Crippen LogP contribution < -0.4 is 10.6 Å². The number of aromatic nitrogens is 2. The van der Waals surface area contributed by atoms with Crippen LogP contribution in [0.3, 0.4) is 0 Å². The Balaban J connectivity index is 1.89. The van der Waals surface area contributed by atoms with Gasteiger partial charge in [-0.25, -0.2) is 9.97 Å². The molecule has 1 heterocycles. The van der Waals surface area contributed by atoms with E-state index in [1.165, 1.54) is 25.7 Å². The second-order valence-corrected chi connectivity index (χ2v) is 5.48. The van der Waals surface area contributed by atoms with Gasteiger partial charge in [-0.05, 0) is 19.8 Å². The molecule has 1 saturated carbocycles. The SMILES string of the molecule is CCNc1cc(NC2CCCC2)nc(-c2ccccc2)n1. The molecule has 0 amide bonds. The summed E-state index contributed by atoms with van der Waals surface area (Å²) < 4.78 is 0. The second-order valence-electron chi connectivity index (χ2n) is 5.48. The van der Waals surface area contributed by atoms with E-state index in [1.54, 1.807) is 0 Å². The van der Waals surface area contributed by atoms with Crippen molar-refractivity contribution in [1.29, 1.82) is 0 Å². The second kappa shape index (κ2) is 6.57. The summed E-state index contributed by atoms with van der Waals surface area (Å²) in [6.45, 7) is 2.93. The average molecular weight is 282 g/mol. The summed E-state index contributed by atoms with van der Waals surface area (Å²) in [5.74, 6) is 2.58. The van der Waals surface area contributed by atoms with Crippen molar-refractivity contribution in [2.45, 2.75) is 38.6 Å². The quantitative estimate of drug-likeness (QED) is 0.872. The highest BCUT2D eigenvalue weighted by Gasteiger charge is 2.16. The molecule has 2 N–H and O–H groups in total. The van der Waals surface area contributed by atoms with Crippen LogP contribution in [0.15, 0.2) is 36.4 Å². The Bertz CT molecular complexity index is 577. The number of nitrogens with zero attached hydrogens (tertiary/aromatic N) is 2. The first kappa shape index (κ1) is 13.9. The van der Waals surface area contributed by atoms with Gasteiger partial charge in [0.05, 0.1) is 0 Å². The van der Waals surface area contributed by atoms with Gasteiger partial charge in [0.25, 0.3) is 0 Å². The van der Waals surface area contributed by atoms with Crippen LogP contribution in [0.1, 0.15) is 32.6 Å². The van der Waals surface area contributed by atoms with E-state index in [0.29, 0.717) is 6.04 Å². The summed E-state index contributed by atoms with van der Waals surface area (Å²) >= 11 is 0. The minimum absolute atomic E-state index is 0.554. The van der Waals surface area contributed by atoms with E-state index in [9.17, 15) is 0 Å². The van der Waals surface area contributed by atoms with Crippen molar-refractivity contribution in [3.05, 3.63) is 36.4 Å². The molecule has 21 heavy (non-hydrogen) atoms. The van der Waals surface area contributed by atoms with Gasteiger partial charge in [0.2, 0.25) is 0 Å². The predicted molar refractivity (Wildman–Crippen MR) is 87.5 cm³/mol. The summed E-state index contributed by atoms with van der Waals surface area (Å²) in [5.41, 5.74) is 1.05. The number of benzene rings is 1. The summed E-state index contributed by atoms with van der Waals surface area (Å²) in [4.78, 5) is 9.29. The van der Waals surface area contributed by atoms with Gasteiger partial charge in [0.1, 0.15) is 11.6 Å². The maximum Gasteiger partial charge on any atom is 0.163 e. The molecule has 0 radical (unpaired) electrons. The molecular formula is C17H22N4. The monoisotopic (exact) mass is 282 g/mol. The van der Waals surface area contributed by atoms with Crippen molar-refractivity contribution in [2.24, 2.45) is 0 Å². The fourth-order valence-corrected chi connectivity index (χ4v) is 2.79. The van der Waals surface area contributed by atoms with E-state index >= 15 is 0 Å². The number of rotatable bonds is 5. The fourth-order valence-electron chi connectivity index (χ4n) is 2.79. The van der Waals surface area contributed by atoms with Gasteiger partial charge >= 0.3 is 0 Å². The van der Waals surface area contributed by atoms with Crippen molar-refractivity contribution in [3.63, 3.8) is 0 Å². The number of nitrogens with one attached hydrogen (secondary N) is 2. The lowest BCUT2D eigenvalue weighted by molar-refractivity contribution is 0.750. The zero-order valence-corrected chi connectivity index (χ0v) is 12.5. The van der Waals surface area contributed by atoms with Gasteiger partial charge in [0.15, 0.2) is 5.82 Å². The number of hydrogen-bond donors (Lipinski definition) is 2. The number of anilines is 2. The third kappa shape index (κ3) is 3.51. The topological polar surface area (TPSA) is 49.8 Å². The average Bonchev–Trinajstić information content (AvgIpc) is 3.01. The van der Waals surface area contributed by atoms with E-state index in [2.05, 4.69) is 27.5 Å². The van der Waals surface area contributed by atoms with Crippen LogP contribution >= 0.6 is 0 Å². The molecular weight excluding hydrogens is 260 g/mol. The van der Waals surface area contributed by atoms with Gasteiger partial charge in [-0.15, -0.1) is 0 Å². The lowest BCUT2D eigenvalue weighted by Crippen LogP contribution is -2.16. The molecule has 1 aromatic carbocycles. The third-order valence-corrected chi connectivity index (χ3v) is 3.82. The van der Waals surface area contributed by atoms with E-state index < -0.39 is 0 Å². The molecule has 0 spiro atoms. The molecule has 4 heteroatoms. The third-order valence-electron chi connectivity index (χ3n) is 3.82. The van der Waals surface area contributed by atoms with Gasteiger partial charge in [-0.2, -0.15) is 0 Å². The molecule has 0 unspecified atom stereocenters. The summed E-state index contributed by atoms with van der Waals surface area (Å²) in [6, 6.07) is 12.7. The van der Waals surface area contributed by atoms with Crippen LogP contribution in [0.4, 0.5) is 11.6 Å². The zero-order chi connectivity index (χ0) is 14.5. The first-order valence-corrected chi connectivity index (χ1v) is 7.80. The molecule has 1 aliphatic rings. The molecule has 0 atom stereocenters. The van der Waals surface area contributed by atoms with Crippen LogP contribution in [0.2, 0.25) is 0 Å². The summed E-state index contributed by atoms with van der Waals surface area (Å²) in [7, 11) is 0. The van der Waals surface area contributed by atoms with Crippen LogP contribution in [0.5, 0.6) is 0 Å². The zero-order valence-electron chi connectivity index (χ0n) is 12.5. The normalized spacial score (nSPS) is 15.1. The van der Waals surface area contributed by atoms with Crippen molar-refractivity contribution >= 4 is 11.6 Å². The highest BCUT2D eigenvalue weighted by Crippen LogP contribution is 2.24. The van der Waals surface area contributed by atoms with Gasteiger partial charge in [-0.3, -0.25) is 0 Å². The first-order valence-electron chi connectivity index (χ1n) is 7.80. The van der Waals surface area contributed by atoms with Crippen LogP contribution in [-0.2, 0) is 0 Å². The van der Waals surface area contributed by atoms with Gasteiger partial charge in [0, 0.05) is 24.2 Å². The smallest absolute Gasteiger partial charge is 0.163 e. The molecule has 1 aromatic heterocycles. The summed E-state index contributed by atoms with van der Waals surface area (Å²) in [5, 5.41) is 6.85. The van der Waals surface area contributed by atoms with E-state index in [1.807, 2.05) is 36.4 Å². The van der Waals surface area contributed by atoms with Gasteiger partial charge in [-0.1, -0.05) is 43.2 Å². The van der Waals surface area contributed by atoms with E-state index in [0.717, 1.165) is 29.6 Å². The highest BCUT2D eigenvalue weighted by molar-refractivity contribution is 5.61. The Labute approximate surface area is 126 Å². The molecule has 4 nitrogen and oxygen atoms in total. The largest absolute Gasteiger partial charge is 0.370 e. The van der Waals surface area contributed by atoms with Crippen LogP contribution in [-0.4, -0.2) is 22.6 Å². The predicted octanol–water partition coefficient (Wildman–Crippen LogP) is 3.93. The Kier molecular flexibility index (Phi) is 4.34. The molecule has 2 aromatic rings. The summed E-state index contributed by atoms with van der Waals surface area (Å²) in [6.07, 6.45) is 5.10. The lowest BCUT2D eigenvalue weighted by Gasteiger charge is -2.15. The van der Waals surface area contributed by atoms with Crippen LogP contribution in [0.25, 0.3) is 11.4 Å². The van der Waals surface area contributed by atoms with E-state index in [-0.39, 0.29) is 0 Å². The Morgan fingerprint density at radius 2 is 1.76 bits per heavy atom. The molecule has 110 valence electrons. The van der Waals surface area contributed by atoms with Crippen molar-refractivity contribution in [3.8, 4) is 11.4 Å². The van der Waals surface area contributed by atoms with Crippen molar-refractivity contribution in [1.82, 2.24) is 9.97 Å². The van der Waals surface area contributed by atoms with Crippen LogP contribution in [0, 0.1) is 0 Å². The highest BCUT2D eigenvalue weighted by atomic mass is 15.1. The lowest BCUT2D eigenvalue weighted by atomic mass is 10.2. The number of hydrogen-bond acceptors (Lipinski definition) is 4. The minimum atomic E-state index is 0.554. The minimum Gasteiger partial charge on any atom is -0.370 e. The molecule has 0 saturated heterocycles. The van der Waals surface area contributed by atoms with Crippen molar-refractivity contribution in [2.75, 3.05) is 17.2 Å². The van der Waals surface area contributed by atoms with Gasteiger partial charge < -0.3 is 10.6 Å². The molecule has 0 bridgehead atoms. The standard InChI is InChI=1S/C17H22N4/c1-2-18-15-12-16(19-14-10-6-7-11-14)21-17(20-15)13-8-4-3-5-9-13/h3-5,8-9,12,14H,2,6-7,10-11H2,1H3,(H2,18,19,20,21). The Morgan fingerprint density at radius 1 is 1.05 bits per heavy atom. The van der Waals surface area contributed by atoms with Crippen molar-refractivity contribution < 1.29 is 0 Å². The van der Waals surface area contributed by atoms with E-state index in [4.69, 9.17) is 0 Å². The molecule has 3 rings (SSSR count). The molecule has 1 aliphatic carbocycles. The first-order chi connectivity index (χ1) is 10.3. The maximum absolute atomic E-state index is 4.69.